The van der Waals surface area contributed by atoms with Crippen LogP contribution in [-0.2, 0) is 19.6 Å². The molecule has 32 heavy (non-hydrogen) atoms. The van der Waals surface area contributed by atoms with Gasteiger partial charge in [-0.05, 0) is 24.3 Å². The highest BCUT2D eigenvalue weighted by Crippen LogP contribution is 2.36. The molecule has 172 valence electrons. The molecule has 11 heteroatoms. The van der Waals surface area contributed by atoms with Gasteiger partial charge in [-0.3, -0.25) is 4.79 Å². The second kappa shape index (κ2) is 10.2. The van der Waals surface area contributed by atoms with Crippen LogP contribution in [0.1, 0.15) is 10.4 Å². The van der Waals surface area contributed by atoms with Gasteiger partial charge in [-0.2, -0.15) is 4.31 Å². The topological polar surface area (TPSA) is 102 Å². The summed E-state index contributed by atoms with van der Waals surface area (Å²) in [6.45, 7) is 0.232. The van der Waals surface area contributed by atoms with E-state index in [-0.39, 0.29) is 53.2 Å². The van der Waals surface area contributed by atoms with Gasteiger partial charge in [0.1, 0.15) is 0 Å². The van der Waals surface area contributed by atoms with Gasteiger partial charge in [0.15, 0.2) is 18.1 Å². The zero-order valence-electron chi connectivity index (χ0n) is 17.6. The standard InChI is InChI=1S/C21H23ClN2O7S/c1-29-18-13-15(12-17(22)20(18)30-2)21(26)31-14-19(25)23-8-10-24(11-9-23)32(27,28)16-6-4-3-5-7-16/h3-7,12-13H,8-11,14H2,1-2H3. The Morgan fingerprint density at radius 1 is 1.00 bits per heavy atom. The van der Waals surface area contributed by atoms with E-state index in [1.165, 1.54) is 47.7 Å². The molecule has 3 rings (SSSR count). The molecule has 9 nitrogen and oxygen atoms in total. The summed E-state index contributed by atoms with van der Waals surface area (Å²) in [5.74, 6) is -0.618. The van der Waals surface area contributed by atoms with E-state index in [1.54, 1.807) is 18.2 Å². The highest BCUT2D eigenvalue weighted by atomic mass is 35.5. The molecular formula is C21H23ClN2O7S. The van der Waals surface area contributed by atoms with Crippen molar-refractivity contribution in [2.75, 3.05) is 47.0 Å². The monoisotopic (exact) mass is 482 g/mol. The summed E-state index contributed by atoms with van der Waals surface area (Å²) in [6.07, 6.45) is 0. The number of nitrogens with zero attached hydrogens (tertiary/aromatic N) is 2. The fraction of sp³-hybridized carbons (Fsp3) is 0.333. The van der Waals surface area contributed by atoms with Crippen LogP contribution in [0.15, 0.2) is 47.4 Å². The number of sulfonamides is 1. The average Bonchev–Trinajstić information content (AvgIpc) is 2.82. The van der Waals surface area contributed by atoms with E-state index in [0.29, 0.717) is 0 Å². The SMILES string of the molecule is COc1cc(C(=O)OCC(=O)N2CCN(S(=O)(=O)c3ccccc3)CC2)cc(Cl)c1OC. The first-order valence-electron chi connectivity index (χ1n) is 9.69. The quantitative estimate of drug-likeness (QED) is 0.556. The van der Waals surface area contributed by atoms with E-state index in [9.17, 15) is 18.0 Å². The Morgan fingerprint density at radius 2 is 1.66 bits per heavy atom. The fourth-order valence-electron chi connectivity index (χ4n) is 3.26. The number of hydrogen-bond donors (Lipinski definition) is 0. The second-order valence-electron chi connectivity index (χ2n) is 6.87. The lowest BCUT2D eigenvalue weighted by atomic mass is 10.2. The first kappa shape index (κ1) is 23.8. The highest BCUT2D eigenvalue weighted by molar-refractivity contribution is 7.89. The molecule has 0 aromatic heterocycles. The lowest BCUT2D eigenvalue weighted by Crippen LogP contribution is -2.51. The number of carbonyl (C=O) groups excluding carboxylic acids is 2. The Hall–Kier alpha value is -2.82. The van der Waals surface area contributed by atoms with E-state index in [1.807, 2.05) is 0 Å². The molecule has 0 saturated carbocycles. The minimum Gasteiger partial charge on any atom is -0.493 e. The minimum absolute atomic E-state index is 0.110. The van der Waals surface area contributed by atoms with E-state index in [0.717, 1.165) is 0 Å². The Morgan fingerprint density at radius 3 is 2.25 bits per heavy atom. The molecule has 1 aliphatic heterocycles. The molecule has 0 unspecified atom stereocenters. The van der Waals surface area contributed by atoms with Gasteiger partial charge in [-0.1, -0.05) is 29.8 Å². The van der Waals surface area contributed by atoms with Crippen molar-refractivity contribution < 1.29 is 32.2 Å². The normalized spacial score (nSPS) is 14.7. The molecule has 1 heterocycles. The highest BCUT2D eigenvalue weighted by Gasteiger charge is 2.30. The molecule has 1 fully saturated rings. The van der Waals surface area contributed by atoms with Gasteiger partial charge >= 0.3 is 5.97 Å². The average molecular weight is 483 g/mol. The van der Waals surface area contributed by atoms with Gasteiger partial charge in [-0.25, -0.2) is 13.2 Å². The Balaban J connectivity index is 1.56. The van der Waals surface area contributed by atoms with Gasteiger partial charge < -0.3 is 19.1 Å². The Bertz CT molecular complexity index is 1080. The molecular weight excluding hydrogens is 460 g/mol. The largest absolute Gasteiger partial charge is 0.493 e. The summed E-state index contributed by atoms with van der Waals surface area (Å²) in [5, 5.41) is 0.167. The van der Waals surface area contributed by atoms with Gasteiger partial charge in [-0.15, -0.1) is 0 Å². The van der Waals surface area contributed by atoms with Crippen molar-refractivity contribution >= 4 is 33.5 Å². The third-order valence-corrected chi connectivity index (χ3v) is 7.16. The number of hydrogen-bond acceptors (Lipinski definition) is 7. The molecule has 2 aromatic carbocycles. The van der Waals surface area contributed by atoms with Gasteiger partial charge in [0.25, 0.3) is 5.91 Å². The molecule has 0 bridgehead atoms. The Labute approximate surface area is 191 Å². The van der Waals surface area contributed by atoms with Crippen LogP contribution in [0.2, 0.25) is 5.02 Å². The lowest BCUT2D eigenvalue weighted by molar-refractivity contribution is -0.135. The first-order chi connectivity index (χ1) is 15.3. The van der Waals surface area contributed by atoms with Crippen molar-refractivity contribution in [3.8, 4) is 11.5 Å². The van der Waals surface area contributed by atoms with Crippen molar-refractivity contribution in [2.45, 2.75) is 4.90 Å². The number of halogens is 1. The fourth-order valence-corrected chi connectivity index (χ4v) is 4.99. The third kappa shape index (κ3) is 5.14. The molecule has 2 aromatic rings. The number of esters is 1. The Kier molecular flexibility index (Phi) is 7.60. The van der Waals surface area contributed by atoms with Gasteiger partial charge in [0, 0.05) is 26.2 Å². The summed E-state index contributed by atoms with van der Waals surface area (Å²) < 4.78 is 42.1. The van der Waals surface area contributed by atoms with Crippen molar-refractivity contribution in [1.29, 1.82) is 0 Å². The van der Waals surface area contributed by atoms with Crippen LogP contribution in [0.5, 0.6) is 11.5 Å². The molecule has 0 atom stereocenters. The van der Waals surface area contributed by atoms with Crippen LogP contribution < -0.4 is 9.47 Å². The van der Waals surface area contributed by atoms with Crippen molar-refractivity contribution in [3.63, 3.8) is 0 Å². The maximum atomic E-state index is 12.7. The van der Waals surface area contributed by atoms with Crippen LogP contribution >= 0.6 is 11.6 Å². The van der Waals surface area contributed by atoms with Crippen LogP contribution in [0.4, 0.5) is 0 Å². The van der Waals surface area contributed by atoms with Crippen LogP contribution in [0.25, 0.3) is 0 Å². The summed E-state index contributed by atoms with van der Waals surface area (Å²) in [5.41, 5.74) is 0.110. The lowest BCUT2D eigenvalue weighted by Gasteiger charge is -2.33. The third-order valence-electron chi connectivity index (χ3n) is 4.97. The second-order valence-corrected chi connectivity index (χ2v) is 9.21. The number of piperazine rings is 1. The predicted molar refractivity (Wildman–Crippen MR) is 117 cm³/mol. The van der Waals surface area contributed by atoms with E-state index < -0.39 is 28.5 Å². The smallest absolute Gasteiger partial charge is 0.338 e. The van der Waals surface area contributed by atoms with Gasteiger partial charge in [0.2, 0.25) is 10.0 Å². The number of methoxy groups -OCH3 is 2. The summed E-state index contributed by atoms with van der Waals surface area (Å²) >= 11 is 6.10. The van der Waals surface area contributed by atoms with Crippen molar-refractivity contribution in [2.24, 2.45) is 0 Å². The summed E-state index contributed by atoms with van der Waals surface area (Å²) in [4.78, 5) is 26.5. The molecule has 0 radical (unpaired) electrons. The molecule has 0 N–H and O–H groups in total. The number of rotatable bonds is 7. The zero-order valence-corrected chi connectivity index (χ0v) is 19.2. The molecule has 1 amide bonds. The van der Waals surface area contributed by atoms with Crippen LogP contribution in [-0.4, -0.2) is 76.5 Å². The minimum atomic E-state index is -3.61. The number of carbonyl (C=O) groups is 2. The predicted octanol–water partition coefficient (Wildman–Crippen LogP) is 2.05. The van der Waals surface area contributed by atoms with Crippen LogP contribution in [0.3, 0.4) is 0 Å². The number of benzene rings is 2. The van der Waals surface area contributed by atoms with Crippen molar-refractivity contribution in [3.05, 3.63) is 53.1 Å². The van der Waals surface area contributed by atoms with E-state index in [4.69, 9.17) is 25.8 Å². The van der Waals surface area contributed by atoms with Crippen LogP contribution in [0, 0.1) is 0 Å². The number of ether oxygens (including phenoxy) is 3. The molecule has 1 aliphatic rings. The maximum absolute atomic E-state index is 12.7. The van der Waals surface area contributed by atoms with Crippen molar-refractivity contribution in [1.82, 2.24) is 9.21 Å². The maximum Gasteiger partial charge on any atom is 0.338 e. The first-order valence-corrected chi connectivity index (χ1v) is 11.5. The van der Waals surface area contributed by atoms with E-state index >= 15 is 0 Å². The molecule has 0 aliphatic carbocycles. The van der Waals surface area contributed by atoms with Gasteiger partial charge in [0.05, 0.1) is 29.7 Å². The number of amides is 1. The van der Waals surface area contributed by atoms with E-state index in [2.05, 4.69) is 0 Å². The molecule has 0 spiro atoms. The summed E-state index contributed by atoms with van der Waals surface area (Å²) in [6, 6.07) is 10.9. The molecule has 1 saturated heterocycles. The zero-order chi connectivity index (χ0) is 23.3. The summed E-state index contributed by atoms with van der Waals surface area (Å²) in [7, 11) is -0.785.